The van der Waals surface area contributed by atoms with E-state index in [9.17, 15) is 26.4 Å². The van der Waals surface area contributed by atoms with Gasteiger partial charge in [0, 0.05) is 18.3 Å². The first-order valence-electron chi connectivity index (χ1n) is 9.33. The van der Waals surface area contributed by atoms with Gasteiger partial charge in [0.15, 0.2) is 0 Å². The van der Waals surface area contributed by atoms with Gasteiger partial charge in [-0.3, -0.25) is 4.79 Å². The van der Waals surface area contributed by atoms with Crippen LogP contribution in [0.2, 0.25) is 0 Å². The third-order valence-corrected chi connectivity index (χ3v) is 6.51. The van der Waals surface area contributed by atoms with E-state index < -0.39 is 34.4 Å². The van der Waals surface area contributed by atoms with Crippen molar-refractivity contribution in [3.63, 3.8) is 0 Å². The SMILES string of the molecule is N[C@@H](C(=O)N1Cc2cn(S(=O)(=O)c3ccc(OC(F)F)cc3)nc2C1)c1ccc(F)cc1. The smallest absolute Gasteiger partial charge is 0.387 e. The average Bonchev–Trinajstić information content (AvgIpc) is 3.33. The molecular formula is C20H17F3N4O4S. The Morgan fingerprint density at radius 3 is 2.31 bits per heavy atom. The van der Waals surface area contributed by atoms with Gasteiger partial charge < -0.3 is 15.4 Å². The lowest BCUT2D eigenvalue weighted by Gasteiger charge is -2.20. The quantitative estimate of drug-likeness (QED) is 0.598. The monoisotopic (exact) mass is 466 g/mol. The van der Waals surface area contributed by atoms with E-state index in [4.69, 9.17) is 5.73 Å². The second-order valence-corrected chi connectivity index (χ2v) is 8.85. The largest absolute Gasteiger partial charge is 0.435 e. The molecule has 168 valence electrons. The van der Waals surface area contributed by atoms with Crippen LogP contribution >= 0.6 is 0 Å². The van der Waals surface area contributed by atoms with Crippen molar-refractivity contribution in [2.45, 2.75) is 30.6 Å². The predicted octanol–water partition coefficient (Wildman–Crippen LogP) is 2.40. The van der Waals surface area contributed by atoms with Gasteiger partial charge in [-0.1, -0.05) is 12.1 Å². The number of nitrogens with zero attached hydrogens (tertiary/aromatic N) is 3. The standard InChI is InChI=1S/C20H17F3N4O4S/c21-14-3-1-12(2-4-14)18(24)19(28)26-9-13-10-27(25-17(13)11-26)32(29,30)16-7-5-15(6-8-16)31-20(22)23/h1-8,10,18,20H,9,11,24H2/t18-/m1/s1. The van der Waals surface area contributed by atoms with Crippen LogP contribution in [-0.4, -0.2) is 35.0 Å². The minimum atomic E-state index is -4.06. The van der Waals surface area contributed by atoms with Gasteiger partial charge in [0.1, 0.15) is 17.6 Å². The van der Waals surface area contributed by atoms with Crippen LogP contribution in [0.3, 0.4) is 0 Å². The van der Waals surface area contributed by atoms with Gasteiger partial charge in [-0.2, -0.15) is 26.4 Å². The number of fused-ring (bicyclic) bond motifs is 1. The third-order valence-electron chi connectivity index (χ3n) is 4.96. The van der Waals surface area contributed by atoms with E-state index in [1.807, 2.05) is 0 Å². The summed E-state index contributed by atoms with van der Waals surface area (Å²) in [6, 6.07) is 8.79. The van der Waals surface area contributed by atoms with Crippen molar-refractivity contribution in [2.75, 3.05) is 0 Å². The first kappa shape index (κ1) is 21.8. The Morgan fingerprint density at radius 2 is 1.72 bits per heavy atom. The summed E-state index contributed by atoms with van der Waals surface area (Å²) in [5, 5.41) is 4.08. The molecule has 2 aromatic carbocycles. The number of alkyl halides is 2. The van der Waals surface area contributed by atoms with Crippen LogP contribution in [0.5, 0.6) is 5.75 Å². The average molecular weight is 466 g/mol. The van der Waals surface area contributed by atoms with Crippen molar-refractivity contribution in [3.8, 4) is 5.75 Å². The molecule has 2 heterocycles. The molecule has 0 fully saturated rings. The molecule has 32 heavy (non-hydrogen) atoms. The van der Waals surface area contributed by atoms with Crippen LogP contribution in [0.1, 0.15) is 22.9 Å². The van der Waals surface area contributed by atoms with Gasteiger partial charge in [0.05, 0.1) is 17.1 Å². The number of hydrogen-bond acceptors (Lipinski definition) is 6. The lowest BCUT2D eigenvalue weighted by atomic mass is 10.1. The number of ether oxygens (including phenoxy) is 1. The molecule has 1 amide bonds. The molecule has 0 spiro atoms. The summed E-state index contributed by atoms with van der Waals surface area (Å²) >= 11 is 0. The maximum atomic E-state index is 13.1. The number of aromatic nitrogens is 2. The zero-order valence-electron chi connectivity index (χ0n) is 16.4. The van der Waals surface area contributed by atoms with Crippen molar-refractivity contribution in [3.05, 3.63) is 77.4 Å². The van der Waals surface area contributed by atoms with E-state index >= 15 is 0 Å². The highest BCUT2D eigenvalue weighted by atomic mass is 32.2. The van der Waals surface area contributed by atoms with Crippen molar-refractivity contribution in [1.82, 2.24) is 14.1 Å². The number of halogens is 3. The minimum Gasteiger partial charge on any atom is -0.435 e. The molecule has 3 aromatic rings. The number of rotatable bonds is 6. The number of hydrogen-bond donors (Lipinski definition) is 1. The first-order chi connectivity index (χ1) is 15.1. The lowest BCUT2D eigenvalue weighted by molar-refractivity contribution is -0.133. The molecular weight excluding hydrogens is 449 g/mol. The number of amides is 1. The van der Waals surface area contributed by atoms with E-state index in [1.165, 1.54) is 35.4 Å². The Hall–Kier alpha value is -3.38. The summed E-state index contributed by atoms with van der Waals surface area (Å²) in [5.41, 5.74) is 7.38. The van der Waals surface area contributed by atoms with Crippen LogP contribution < -0.4 is 10.5 Å². The fourth-order valence-electron chi connectivity index (χ4n) is 3.32. The van der Waals surface area contributed by atoms with Gasteiger partial charge in [-0.05, 0) is 42.0 Å². The second-order valence-electron chi connectivity index (χ2n) is 7.05. The van der Waals surface area contributed by atoms with Crippen molar-refractivity contribution >= 4 is 15.9 Å². The van der Waals surface area contributed by atoms with Crippen LogP contribution in [0, 0.1) is 5.82 Å². The predicted molar refractivity (Wildman–Crippen MR) is 105 cm³/mol. The van der Waals surface area contributed by atoms with Crippen LogP contribution in [0.25, 0.3) is 0 Å². The molecule has 0 aliphatic carbocycles. The zero-order chi connectivity index (χ0) is 23.0. The summed E-state index contributed by atoms with van der Waals surface area (Å²) in [6.07, 6.45) is 1.30. The minimum absolute atomic E-state index is 0.0622. The third kappa shape index (κ3) is 4.18. The highest BCUT2D eigenvalue weighted by Gasteiger charge is 2.32. The van der Waals surface area contributed by atoms with E-state index in [2.05, 4.69) is 9.84 Å². The molecule has 0 saturated heterocycles. The van der Waals surface area contributed by atoms with E-state index in [0.29, 0.717) is 16.8 Å². The number of carbonyl (C=O) groups is 1. The molecule has 12 heteroatoms. The van der Waals surface area contributed by atoms with Crippen molar-refractivity contribution in [2.24, 2.45) is 5.73 Å². The molecule has 4 rings (SSSR count). The molecule has 0 unspecified atom stereocenters. The number of nitrogens with two attached hydrogens (primary N) is 1. The van der Waals surface area contributed by atoms with Crippen molar-refractivity contribution < 1.29 is 31.1 Å². The summed E-state index contributed by atoms with van der Waals surface area (Å²) in [5.74, 6) is -1.02. The molecule has 1 aliphatic heterocycles. The maximum Gasteiger partial charge on any atom is 0.387 e. The van der Waals surface area contributed by atoms with Crippen molar-refractivity contribution in [1.29, 1.82) is 0 Å². The Morgan fingerprint density at radius 1 is 1.06 bits per heavy atom. The Kier molecular flexibility index (Phi) is 5.65. The highest BCUT2D eigenvalue weighted by Crippen LogP contribution is 2.27. The van der Waals surface area contributed by atoms with Crippen LogP contribution in [0.4, 0.5) is 13.2 Å². The van der Waals surface area contributed by atoms with Crippen LogP contribution in [0.15, 0.2) is 59.6 Å². The Bertz CT molecular complexity index is 1220. The van der Waals surface area contributed by atoms with E-state index in [1.54, 1.807) is 0 Å². The molecule has 0 radical (unpaired) electrons. The van der Waals surface area contributed by atoms with Gasteiger partial charge in [0.2, 0.25) is 5.91 Å². The topological polar surface area (TPSA) is 108 Å². The zero-order valence-corrected chi connectivity index (χ0v) is 17.2. The molecule has 0 bridgehead atoms. The fourth-order valence-corrected chi connectivity index (χ4v) is 4.48. The Labute approximate surface area is 181 Å². The van der Waals surface area contributed by atoms with Gasteiger partial charge in [-0.15, -0.1) is 0 Å². The first-order valence-corrected chi connectivity index (χ1v) is 10.8. The summed E-state index contributed by atoms with van der Waals surface area (Å²) in [4.78, 5) is 14.0. The summed E-state index contributed by atoms with van der Waals surface area (Å²) in [7, 11) is -4.06. The molecule has 1 aromatic heterocycles. The summed E-state index contributed by atoms with van der Waals surface area (Å²) in [6.45, 7) is -2.85. The lowest BCUT2D eigenvalue weighted by Crippen LogP contribution is -2.35. The normalized spacial score (nSPS) is 14.5. The molecule has 1 atom stereocenters. The van der Waals surface area contributed by atoms with Gasteiger partial charge in [-0.25, -0.2) is 4.39 Å². The number of carbonyl (C=O) groups excluding carboxylic acids is 1. The molecule has 0 saturated carbocycles. The van der Waals surface area contributed by atoms with Gasteiger partial charge in [0.25, 0.3) is 10.0 Å². The number of benzene rings is 2. The van der Waals surface area contributed by atoms with E-state index in [-0.39, 0.29) is 23.7 Å². The Balaban J connectivity index is 1.48. The van der Waals surface area contributed by atoms with Crippen LogP contribution in [-0.2, 0) is 27.9 Å². The molecule has 8 nitrogen and oxygen atoms in total. The second kappa shape index (κ2) is 8.28. The summed E-state index contributed by atoms with van der Waals surface area (Å²) < 4.78 is 68.2. The molecule has 1 aliphatic rings. The molecule has 2 N–H and O–H groups in total. The fraction of sp³-hybridized carbons (Fsp3) is 0.200. The highest BCUT2D eigenvalue weighted by molar-refractivity contribution is 7.89. The maximum absolute atomic E-state index is 13.1. The van der Waals surface area contributed by atoms with Gasteiger partial charge >= 0.3 is 6.61 Å². The van der Waals surface area contributed by atoms with E-state index in [0.717, 1.165) is 28.4 Å².